The van der Waals surface area contributed by atoms with Gasteiger partial charge in [-0.05, 0) is 12.1 Å². The van der Waals surface area contributed by atoms with Crippen LogP contribution >= 0.6 is 11.8 Å². The Balaban J connectivity index is 1.50. The highest BCUT2D eigenvalue weighted by Gasteiger charge is 2.44. The fraction of sp³-hybridized carbons (Fsp3) is 0.312. The number of amides is 3. The van der Waals surface area contributed by atoms with Crippen molar-refractivity contribution in [2.24, 2.45) is 0 Å². The number of hydrogen-bond acceptors (Lipinski definition) is 6. The molecule has 1 aromatic carbocycles. The highest BCUT2D eigenvalue weighted by molar-refractivity contribution is 8.14. The summed E-state index contributed by atoms with van der Waals surface area (Å²) in [4.78, 5) is 38.7. The molecule has 3 heterocycles. The van der Waals surface area contributed by atoms with E-state index < -0.39 is 0 Å². The van der Waals surface area contributed by atoms with Crippen molar-refractivity contribution in [2.45, 2.75) is 6.04 Å². The molecule has 4 rings (SSSR count). The fourth-order valence-corrected chi connectivity index (χ4v) is 3.74. The van der Waals surface area contributed by atoms with Crippen molar-refractivity contribution in [2.75, 3.05) is 26.0 Å². The molecular weight excluding hydrogens is 332 g/mol. The van der Waals surface area contributed by atoms with Crippen molar-refractivity contribution in [3.63, 3.8) is 0 Å². The molecule has 124 valence electrons. The molecule has 2 saturated heterocycles. The molecule has 0 saturated carbocycles. The predicted octanol–water partition coefficient (Wildman–Crippen LogP) is 1.96. The third-order valence-electron chi connectivity index (χ3n) is 4.24. The Morgan fingerprint density at radius 2 is 2.12 bits per heavy atom. The fourth-order valence-electron chi connectivity index (χ4n) is 2.96. The molecule has 0 atom stereocenters. The van der Waals surface area contributed by atoms with E-state index in [4.69, 9.17) is 9.15 Å². The molecule has 0 aliphatic carbocycles. The second-order valence-electron chi connectivity index (χ2n) is 5.67. The van der Waals surface area contributed by atoms with E-state index in [1.807, 2.05) is 12.1 Å². The molecule has 8 heteroatoms. The Kier molecular flexibility index (Phi) is 3.49. The molecule has 24 heavy (non-hydrogen) atoms. The Morgan fingerprint density at radius 3 is 2.79 bits per heavy atom. The predicted molar refractivity (Wildman–Crippen MR) is 87.2 cm³/mol. The number of carbonyl (C=O) groups excluding carboxylic acids is 3. The maximum atomic E-state index is 12.5. The standard InChI is InChI=1S/C16H14N2O5S/c1-22-11-4-2-3-9-5-12(23-14(9)11)15(20)17-6-10(7-17)18-13(19)8-24-16(18)21/h2-5,10H,6-8H2,1H3. The summed E-state index contributed by atoms with van der Waals surface area (Å²) in [5, 5.41) is 0.557. The quantitative estimate of drug-likeness (QED) is 0.845. The van der Waals surface area contributed by atoms with Gasteiger partial charge in [-0.25, -0.2) is 0 Å². The van der Waals surface area contributed by atoms with Gasteiger partial charge < -0.3 is 14.1 Å². The number of carbonyl (C=O) groups is 3. The smallest absolute Gasteiger partial charge is 0.289 e. The van der Waals surface area contributed by atoms with Crippen molar-refractivity contribution in [3.05, 3.63) is 30.0 Å². The zero-order valence-electron chi connectivity index (χ0n) is 12.9. The van der Waals surface area contributed by atoms with Gasteiger partial charge in [-0.2, -0.15) is 0 Å². The summed E-state index contributed by atoms with van der Waals surface area (Å²) in [5.74, 6) is 0.540. The largest absolute Gasteiger partial charge is 0.493 e. The van der Waals surface area contributed by atoms with Gasteiger partial charge in [0.15, 0.2) is 17.1 Å². The number of furan rings is 1. The van der Waals surface area contributed by atoms with Gasteiger partial charge in [0.25, 0.3) is 11.1 Å². The Labute approximate surface area is 141 Å². The second kappa shape index (κ2) is 5.55. The van der Waals surface area contributed by atoms with E-state index >= 15 is 0 Å². The number of rotatable bonds is 3. The number of ether oxygens (including phenoxy) is 1. The van der Waals surface area contributed by atoms with Crippen molar-refractivity contribution in [1.82, 2.24) is 9.80 Å². The minimum Gasteiger partial charge on any atom is -0.493 e. The summed E-state index contributed by atoms with van der Waals surface area (Å²) >= 11 is 1.01. The number of nitrogens with zero attached hydrogens (tertiary/aromatic N) is 2. The van der Waals surface area contributed by atoms with E-state index in [0.29, 0.717) is 24.4 Å². The van der Waals surface area contributed by atoms with Crippen LogP contribution in [0, 0.1) is 0 Å². The molecule has 7 nitrogen and oxygen atoms in total. The average Bonchev–Trinajstić information content (AvgIpc) is 3.11. The Hall–Kier alpha value is -2.48. The summed E-state index contributed by atoms with van der Waals surface area (Å²) in [6, 6.07) is 6.88. The van der Waals surface area contributed by atoms with Gasteiger partial charge in [0.2, 0.25) is 5.91 Å². The van der Waals surface area contributed by atoms with E-state index in [1.54, 1.807) is 24.1 Å². The van der Waals surface area contributed by atoms with Gasteiger partial charge in [-0.3, -0.25) is 19.3 Å². The minimum atomic E-state index is -0.253. The van der Waals surface area contributed by atoms with Gasteiger partial charge >= 0.3 is 0 Å². The van der Waals surface area contributed by atoms with E-state index in [9.17, 15) is 14.4 Å². The summed E-state index contributed by atoms with van der Waals surface area (Å²) in [7, 11) is 1.54. The highest BCUT2D eigenvalue weighted by atomic mass is 32.2. The molecule has 1 aromatic heterocycles. The number of imide groups is 1. The first-order valence-corrected chi connectivity index (χ1v) is 8.41. The van der Waals surface area contributed by atoms with Crippen molar-refractivity contribution < 1.29 is 23.5 Å². The zero-order valence-corrected chi connectivity index (χ0v) is 13.7. The Bertz CT molecular complexity index is 839. The normalized spacial score (nSPS) is 18.4. The van der Waals surface area contributed by atoms with Gasteiger partial charge in [0.05, 0.1) is 18.9 Å². The first-order valence-electron chi connectivity index (χ1n) is 7.43. The van der Waals surface area contributed by atoms with Crippen LogP contribution in [0.5, 0.6) is 5.75 Å². The molecule has 2 aliphatic heterocycles. The molecule has 0 spiro atoms. The van der Waals surface area contributed by atoms with Crippen LogP contribution in [0.1, 0.15) is 10.6 Å². The van der Waals surface area contributed by atoms with Crippen molar-refractivity contribution in [3.8, 4) is 5.75 Å². The van der Waals surface area contributed by atoms with Gasteiger partial charge in [0.1, 0.15) is 0 Å². The van der Waals surface area contributed by atoms with E-state index in [2.05, 4.69) is 0 Å². The van der Waals surface area contributed by atoms with Crippen LogP contribution in [0.25, 0.3) is 11.0 Å². The molecule has 0 unspecified atom stereocenters. The van der Waals surface area contributed by atoms with Crippen LogP contribution in [0.15, 0.2) is 28.7 Å². The number of fused-ring (bicyclic) bond motifs is 1. The molecule has 3 amide bonds. The lowest BCUT2D eigenvalue weighted by Crippen LogP contribution is -2.62. The van der Waals surface area contributed by atoms with Crippen LogP contribution in [-0.2, 0) is 4.79 Å². The van der Waals surface area contributed by atoms with Crippen LogP contribution < -0.4 is 4.74 Å². The maximum Gasteiger partial charge on any atom is 0.289 e. The number of para-hydroxylation sites is 1. The van der Waals surface area contributed by atoms with Crippen LogP contribution in [0.4, 0.5) is 4.79 Å². The topological polar surface area (TPSA) is 80.1 Å². The van der Waals surface area contributed by atoms with Crippen molar-refractivity contribution >= 4 is 39.8 Å². The molecule has 2 aliphatic rings. The number of methoxy groups -OCH3 is 1. The SMILES string of the molecule is COc1cccc2cc(C(=O)N3CC(N4C(=O)CSC4=O)C3)oc12. The summed E-state index contributed by atoms with van der Waals surface area (Å²) in [5.41, 5.74) is 0.529. The molecule has 2 fully saturated rings. The average molecular weight is 346 g/mol. The van der Waals surface area contributed by atoms with E-state index in [1.165, 1.54) is 4.90 Å². The number of likely N-dealkylation sites (tertiary alicyclic amines) is 1. The lowest BCUT2D eigenvalue weighted by Gasteiger charge is -2.42. The van der Waals surface area contributed by atoms with Gasteiger partial charge in [-0.1, -0.05) is 23.9 Å². The van der Waals surface area contributed by atoms with Crippen LogP contribution in [0.3, 0.4) is 0 Å². The van der Waals surface area contributed by atoms with E-state index in [0.717, 1.165) is 17.1 Å². The lowest BCUT2D eigenvalue weighted by molar-refractivity contribution is -0.128. The first kappa shape index (κ1) is 15.1. The third kappa shape index (κ3) is 2.25. The maximum absolute atomic E-state index is 12.5. The highest BCUT2D eigenvalue weighted by Crippen LogP contribution is 2.31. The van der Waals surface area contributed by atoms with Crippen LogP contribution in [-0.4, -0.2) is 58.8 Å². The third-order valence-corrected chi connectivity index (χ3v) is 5.07. The molecule has 2 aromatic rings. The number of thioether (sulfide) groups is 1. The summed E-state index contributed by atoms with van der Waals surface area (Å²) in [6.07, 6.45) is 0. The molecule has 0 bridgehead atoms. The monoisotopic (exact) mass is 346 g/mol. The molecule has 0 radical (unpaired) electrons. The van der Waals surface area contributed by atoms with Gasteiger partial charge in [-0.15, -0.1) is 0 Å². The van der Waals surface area contributed by atoms with Crippen LogP contribution in [0.2, 0.25) is 0 Å². The molecule has 0 N–H and O–H groups in total. The van der Waals surface area contributed by atoms with Crippen molar-refractivity contribution in [1.29, 1.82) is 0 Å². The lowest BCUT2D eigenvalue weighted by atomic mass is 10.1. The summed E-state index contributed by atoms with van der Waals surface area (Å²) < 4.78 is 10.9. The molecular formula is C16H14N2O5S. The summed E-state index contributed by atoms with van der Waals surface area (Å²) in [6.45, 7) is 0.677. The zero-order chi connectivity index (χ0) is 16.8. The number of benzene rings is 1. The first-order chi connectivity index (χ1) is 11.6. The number of hydrogen-bond donors (Lipinski definition) is 0. The second-order valence-corrected chi connectivity index (χ2v) is 6.60. The Morgan fingerprint density at radius 1 is 1.33 bits per heavy atom. The van der Waals surface area contributed by atoms with E-state index in [-0.39, 0.29) is 34.6 Å². The van der Waals surface area contributed by atoms with Gasteiger partial charge in [0, 0.05) is 18.5 Å². The minimum absolute atomic E-state index is 0.185.